The van der Waals surface area contributed by atoms with E-state index < -0.39 is 0 Å². The number of hydrogen-bond donors (Lipinski definition) is 1. The van der Waals surface area contributed by atoms with Crippen LogP contribution in [-0.2, 0) is 4.79 Å². The minimum atomic E-state index is 0.126. The largest absolute Gasteiger partial charge is 0.362 e. The van der Waals surface area contributed by atoms with Crippen LogP contribution in [0.3, 0.4) is 0 Å². The number of carbonyl (C=O) groups excluding carboxylic acids is 1. The van der Waals surface area contributed by atoms with Crippen molar-refractivity contribution in [3.8, 4) is 0 Å². The Bertz CT molecular complexity index is 542. The molecule has 3 rings (SSSR count). The molecule has 6 heteroatoms. The van der Waals surface area contributed by atoms with Crippen LogP contribution in [0.1, 0.15) is 18.5 Å². The first-order valence-corrected chi connectivity index (χ1v) is 7.37. The number of nitrogens with zero attached hydrogens (tertiary/aromatic N) is 3. The van der Waals surface area contributed by atoms with Crippen LogP contribution in [0.4, 0.5) is 11.5 Å². The third kappa shape index (κ3) is 2.25. The lowest BCUT2D eigenvalue weighted by Crippen LogP contribution is -2.52. The van der Waals surface area contributed by atoms with Crippen molar-refractivity contribution in [3.05, 3.63) is 16.8 Å². The van der Waals surface area contributed by atoms with Gasteiger partial charge in [-0.25, -0.2) is 4.98 Å². The molecule has 1 aromatic rings. The maximum atomic E-state index is 12.5. The fourth-order valence-electron chi connectivity index (χ4n) is 2.94. The molecule has 0 unspecified atom stereocenters. The lowest BCUT2D eigenvalue weighted by atomic mass is 10.0. The summed E-state index contributed by atoms with van der Waals surface area (Å²) in [5.74, 6) is 0.888. The highest BCUT2D eigenvalue weighted by atomic mass is 35.5. The van der Waals surface area contributed by atoms with Crippen LogP contribution < -0.4 is 15.1 Å². The second kappa shape index (κ2) is 5.22. The number of aryl methyl sites for hydroxylation is 1. The SMILES string of the molecule is Cc1nc2c(cc1Cl)N(C)CC(=O)N2C1CCNCC1. The number of pyridine rings is 1. The number of hydrogen-bond acceptors (Lipinski definition) is 4. The summed E-state index contributed by atoms with van der Waals surface area (Å²) < 4.78 is 0. The molecule has 108 valence electrons. The Balaban J connectivity index is 2.04. The molecule has 2 aliphatic rings. The van der Waals surface area contributed by atoms with Gasteiger partial charge in [0.1, 0.15) is 0 Å². The number of fused-ring (bicyclic) bond motifs is 1. The first-order chi connectivity index (χ1) is 9.58. The number of aromatic nitrogens is 1. The fourth-order valence-corrected chi connectivity index (χ4v) is 3.09. The molecule has 1 fully saturated rings. The molecule has 0 bridgehead atoms. The molecular weight excluding hydrogens is 276 g/mol. The highest BCUT2D eigenvalue weighted by Crippen LogP contribution is 2.36. The molecule has 0 aromatic carbocycles. The summed E-state index contributed by atoms with van der Waals surface area (Å²) in [6.07, 6.45) is 1.94. The van der Waals surface area contributed by atoms with Gasteiger partial charge >= 0.3 is 0 Å². The third-order valence-corrected chi connectivity index (χ3v) is 4.45. The van der Waals surface area contributed by atoms with Crippen molar-refractivity contribution in [3.63, 3.8) is 0 Å². The summed E-state index contributed by atoms with van der Waals surface area (Å²) >= 11 is 6.18. The molecule has 0 saturated carbocycles. The molecule has 5 nitrogen and oxygen atoms in total. The highest BCUT2D eigenvalue weighted by molar-refractivity contribution is 6.31. The van der Waals surface area contributed by atoms with Crippen LogP contribution in [0, 0.1) is 6.92 Å². The average Bonchev–Trinajstić information content (AvgIpc) is 2.42. The Morgan fingerprint density at radius 3 is 2.80 bits per heavy atom. The van der Waals surface area contributed by atoms with Gasteiger partial charge < -0.3 is 10.2 Å². The molecule has 1 saturated heterocycles. The summed E-state index contributed by atoms with van der Waals surface area (Å²) in [6, 6.07) is 2.16. The van der Waals surface area contributed by atoms with Crippen LogP contribution in [0.25, 0.3) is 0 Å². The van der Waals surface area contributed by atoms with E-state index in [1.807, 2.05) is 29.8 Å². The predicted octanol–water partition coefficient (Wildman–Crippen LogP) is 1.58. The van der Waals surface area contributed by atoms with Gasteiger partial charge in [-0.3, -0.25) is 9.69 Å². The summed E-state index contributed by atoms with van der Waals surface area (Å²) in [6.45, 7) is 4.17. The van der Waals surface area contributed by atoms with E-state index in [0.717, 1.165) is 43.1 Å². The summed E-state index contributed by atoms with van der Waals surface area (Å²) in [4.78, 5) is 20.8. The number of anilines is 2. The van der Waals surface area contributed by atoms with Gasteiger partial charge in [-0.05, 0) is 38.9 Å². The van der Waals surface area contributed by atoms with Crippen molar-refractivity contribution in [1.29, 1.82) is 0 Å². The zero-order chi connectivity index (χ0) is 14.3. The van der Waals surface area contributed by atoms with Crippen LogP contribution in [-0.4, -0.2) is 43.6 Å². The first kappa shape index (κ1) is 13.6. The number of carbonyl (C=O) groups is 1. The van der Waals surface area contributed by atoms with Crippen molar-refractivity contribution >= 4 is 29.0 Å². The topological polar surface area (TPSA) is 48.5 Å². The first-order valence-electron chi connectivity index (χ1n) is 6.99. The van der Waals surface area contributed by atoms with E-state index in [1.165, 1.54) is 0 Å². The van der Waals surface area contributed by atoms with Crippen LogP contribution in [0.5, 0.6) is 0 Å². The van der Waals surface area contributed by atoms with E-state index in [4.69, 9.17) is 11.6 Å². The Kier molecular flexibility index (Phi) is 3.56. The van der Waals surface area contributed by atoms with Crippen LogP contribution >= 0.6 is 11.6 Å². The zero-order valence-electron chi connectivity index (χ0n) is 11.8. The Morgan fingerprint density at radius 2 is 2.10 bits per heavy atom. The van der Waals surface area contributed by atoms with Gasteiger partial charge in [0.2, 0.25) is 5.91 Å². The van der Waals surface area contributed by atoms with Crippen molar-refractivity contribution < 1.29 is 4.79 Å². The average molecular weight is 295 g/mol. The minimum Gasteiger partial charge on any atom is -0.362 e. The van der Waals surface area contributed by atoms with Crippen LogP contribution in [0.2, 0.25) is 5.02 Å². The standard InChI is InChI=1S/C14H19ClN4O/c1-9-11(15)7-12-14(17-9)19(13(20)8-18(12)2)10-3-5-16-6-4-10/h7,10,16H,3-6,8H2,1-2H3. The molecular formula is C14H19ClN4O. The third-order valence-electron chi connectivity index (χ3n) is 4.07. The van der Waals surface area contributed by atoms with Gasteiger partial charge in [0.25, 0.3) is 0 Å². The highest BCUT2D eigenvalue weighted by Gasteiger charge is 2.34. The second-order valence-electron chi connectivity index (χ2n) is 5.50. The van der Waals surface area contributed by atoms with Gasteiger partial charge in [-0.2, -0.15) is 0 Å². The van der Waals surface area contributed by atoms with Gasteiger partial charge in [0.15, 0.2) is 5.82 Å². The predicted molar refractivity (Wildman–Crippen MR) is 80.6 cm³/mol. The molecule has 0 spiro atoms. The van der Waals surface area contributed by atoms with Crippen molar-refractivity contribution in [1.82, 2.24) is 10.3 Å². The van der Waals surface area contributed by atoms with Gasteiger partial charge in [0, 0.05) is 13.1 Å². The van der Waals surface area contributed by atoms with Crippen molar-refractivity contribution in [2.24, 2.45) is 0 Å². The number of likely N-dealkylation sites (N-methyl/N-ethyl adjacent to an activating group) is 1. The molecule has 1 aromatic heterocycles. The van der Waals surface area contributed by atoms with E-state index in [2.05, 4.69) is 10.3 Å². The zero-order valence-corrected chi connectivity index (χ0v) is 12.6. The maximum absolute atomic E-state index is 12.5. The maximum Gasteiger partial charge on any atom is 0.247 e. The quantitative estimate of drug-likeness (QED) is 0.854. The van der Waals surface area contributed by atoms with Gasteiger partial charge in [-0.1, -0.05) is 11.6 Å². The number of amides is 1. The Morgan fingerprint density at radius 1 is 1.40 bits per heavy atom. The minimum absolute atomic E-state index is 0.126. The molecule has 1 N–H and O–H groups in total. The number of halogens is 1. The lowest BCUT2D eigenvalue weighted by molar-refractivity contribution is -0.118. The fraction of sp³-hybridized carbons (Fsp3) is 0.571. The summed E-state index contributed by atoms with van der Waals surface area (Å²) in [5.41, 5.74) is 1.71. The van der Waals surface area contributed by atoms with Crippen molar-refractivity contribution in [2.45, 2.75) is 25.8 Å². The molecule has 1 amide bonds. The van der Waals surface area contributed by atoms with Crippen molar-refractivity contribution in [2.75, 3.05) is 36.5 Å². The summed E-state index contributed by atoms with van der Waals surface area (Å²) in [7, 11) is 1.91. The molecule has 0 radical (unpaired) electrons. The smallest absolute Gasteiger partial charge is 0.247 e. The number of piperidine rings is 1. The van der Waals surface area contributed by atoms with Gasteiger partial charge in [0.05, 0.1) is 22.9 Å². The molecule has 0 atom stereocenters. The van der Waals surface area contributed by atoms with Crippen LogP contribution in [0.15, 0.2) is 6.07 Å². The lowest BCUT2D eigenvalue weighted by Gasteiger charge is -2.40. The summed E-state index contributed by atoms with van der Waals surface area (Å²) in [5, 5.41) is 3.98. The van der Waals surface area contributed by atoms with Gasteiger partial charge in [-0.15, -0.1) is 0 Å². The van der Waals surface area contributed by atoms with E-state index >= 15 is 0 Å². The van der Waals surface area contributed by atoms with E-state index in [-0.39, 0.29) is 11.9 Å². The second-order valence-corrected chi connectivity index (χ2v) is 5.91. The Labute approximate surface area is 123 Å². The normalized spacial score (nSPS) is 20.2. The number of nitrogens with one attached hydrogen (secondary N) is 1. The molecule has 3 heterocycles. The monoisotopic (exact) mass is 294 g/mol. The molecule has 0 aliphatic carbocycles. The Hall–Kier alpha value is -1.33. The van der Waals surface area contributed by atoms with E-state index in [9.17, 15) is 4.79 Å². The molecule has 20 heavy (non-hydrogen) atoms. The van der Waals surface area contributed by atoms with E-state index in [0.29, 0.717) is 11.6 Å². The van der Waals surface area contributed by atoms with E-state index in [1.54, 1.807) is 0 Å². The number of rotatable bonds is 1. The molecule has 2 aliphatic heterocycles.